The predicted octanol–water partition coefficient (Wildman–Crippen LogP) is 1.80. The number of halogens is 1. The van der Waals surface area contributed by atoms with E-state index in [0.29, 0.717) is 23.9 Å². The number of likely N-dealkylation sites (N-methyl/N-ethyl adjacent to an activating group) is 1. The average molecular weight is 273 g/mol. The van der Waals surface area contributed by atoms with Crippen molar-refractivity contribution in [3.8, 4) is 0 Å². The fourth-order valence-corrected chi connectivity index (χ4v) is 1.80. The SMILES string of the molecule is CCOC(=O)CN(C)C(=O)c1cc(Cl)cn1CC. The molecule has 0 saturated carbocycles. The van der Waals surface area contributed by atoms with Crippen LogP contribution in [0.25, 0.3) is 0 Å². The van der Waals surface area contributed by atoms with E-state index in [1.165, 1.54) is 4.90 Å². The van der Waals surface area contributed by atoms with Gasteiger partial charge in [0.25, 0.3) is 5.91 Å². The van der Waals surface area contributed by atoms with E-state index in [4.69, 9.17) is 16.3 Å². The molecule has 18 heavy (non-hydrogen) atoms. The van der Waals surface area contributed by atoms with Gasteiger partial charge in [-0.15, -0.1) is 0 Å². The molecule has 0 aliphatic heterocycles. The topological polar surface area (TPSA) is 51.5 Å². The molecule has 6 heteroatoms. The number of ether oxygens (including phenoxy) is 1. The number of esters is 1. The fraction of sp³-hybridized carbons (Fsp3) is 0.500. The molecule has 0 aliphatic rings. The summed E-state index contributed by atoms with van der Waals surface area (Å²) in [6.07, 6.45) is 1.69. The zero-order valence-electron chi connectivity index (χ0n) is 10.8. The molecule has 5 nitrogen and oxygen atoms in total. The maximum absolute atomic E-state index is 12.1. The van der Waals surface area contributed by atoms with Crippen LogP contribution in [0, 0.1) is 0 Å². The lowest BCUT2D eigenvalue weighted by Gasteiger charge is -2.16. The molecule has 1 rings (SSSR count). The monoisotopic (exact) mass is 272 g/mol. The van der Waals surface area contributed by atoms with Crippen LogP contribution in [0.3, 0.4) is 0 Å². The third-order valence-electron chi connectivity index (χ3n) is 2.44. The fourth-order valence-electron chi connectivity index (χ4n) is 1.58. The first-order chi connectivity index (χ1) is 8.49. The summed E-state index contributed by atoms with van der Waals surface area (Å²) in [6, 6.07) is 1.59. The summed E-state index contributed by atoms with van der Waals surface area (Å²) < 4.78 is 6.54. The molecule has 0 spiro atoms. The molecule has 0 bridgehead atoms. The molecule has 0 aliphatic carbocycles. The van der Waals surface area contributed by atoms with Crippen LogP contribution in [-0.2, 0) is 16.1 Å². The van der Waals surface area contributed by atoms with Crippen LogP contribution in [0.5, 0.6) is 0 Å². The zero-order valence-corrected chi connectivity index (χ0v) is 11.5. The van der Waals surface area contributed by atoms with E-state index in [2.05, 4.69) is 0 Å². The lowest BCUT2D eigenvalue weighted by molar-refractivity contribution is -0.143. The lowest BCUT2D eigenvalue weighted by atomic mass is 10.3. The van der Waals surface area contributed by atoms with Crippen LogP contribution in [0.2, 0.25) is 5.02 Å². The number of hydrogen-bond donors (Lipinski definition) is 0. The molecule has 0 saturated heterocycles. The Hall–Kier alpha value is -1.49. The first kappa shape index (κ1) is 14.6. The Kier molecular flexibility index (Phi) is 5.22. The molecule has 0 fully saturated rings. The lowest BCUT2D eigenvalue weighted by Crippen LogP contribution is -2.34. The number of rotatable bonds is 5. The second-order valence-corrected chi connectivity index (χ2v) is 4.23. The number of aryl methyl sites for hydroxylation is 1. The van der Waals surface area contributed by atoms with Gasteiger partial charge >= 0.3 is 5.97 Å². The molecule has 0 radical (unpaired) electrons. The van der Waals surface area contributed by atoms with Crippen molar-refractivity contribution in [3.05, 3.63) is 23.0 Å². The van der Waals surface area contributed by atoms with Gasteiger partial charge in [-0.1, -0.05) is 11.6 Å². The summed E-state index contributed by atoms with van der Waals surface area (Å²) >= 11 is 5.87. The van der Waals surface area contributed by atoms with Gasteiger partial charge in [0.1, 0.15) is 12.2 Å². The van der Waals surface area contributed by atoms with Gasteiger partial charge in [-0.25, -0.2) is 0 Å². The van der Waals surface area contributed by atoms with E-state index in [1.807, 2.05) is 6.92 Å². The van der Waals surface area contributed by atoms with Crippen molar-refractivity contribution in [2.45, 2.75) is 20.4 Å². The summed E-state index contributed by atoms with van der Waals surface area (Å²) in [5.41, 5.74) is 0.467. The largest absolute Gasteiger partial charge is 0.465 e. The summed E-state index contributed by atoms with van der Waals surface area (Å²) in [4.78, 5) is 24.7. The minimum atomic E-state index is -0.422. The smallest absolute Gasteiger partial charge is 0.325 e. The Labute approximate surface area is 111 Å². The van der Waals surface area contributed by atoms with E-state index >= 15 is 0 Å². The number of amides is 1. The Morgan fingerprint density at radius 2 is 2.11 bits per heavy atom. The Bertz CT molecular complexity index is 443. The van der Waals surface area contributed by atoms with Gasteiger partial charge in [-0.2, -0.15) is 0 Å². The van der Waals surface area contributed by atoms with Crippen molar-refractivity contribution in [2.24, 2.45) is 0 Å². The molecule has 1 amide bonds. The molecular formula is C12H17ClN2O3. The van der Waals surface area contributed by atoms with Crippen LogP contribution >= 0.6 is 11.6 Å². The van der Waals surface area contributed by atoms with Crippen LogP contribution in [0.1, 0.15) is 24.3 Å². The van der Waals surface area contributed by atoms with Crippen molar-refractivity contribution in [1.29, 1.82) is 0 Å². The molecule has 0 unspecified atom stereocenters. The molecule has 1 heterocycles. The molecule has 1 aromatic rings. The standard InChI is InChI=1S/C12H17ClN2O3/c1-4-15-7-9(13)6-10(15)12(17)14(3)8-11(16)18-5-2/h6-7H,4-5,8H2,1-3H3. The van der Waals surface area contributed by atoms with Crippen LogP contribution in [0.4, 0.5) is 0 Å². The van der Waals surface area contributed by atoms with Crippen LogP contribution in [0.15, 0.2) is 12.3 Å². The van der Waals surface area contributed by atoms with Gasteiger partial charge < -0.3 is 14.2 Å². The summed E-state index contributed by atoms with van der Waals surface area (Å²) in [7, 11) is 1.56. The highest BCUT2D eigenvalue weighted by Gasteiger charge is 2.19. The highest BCUT2D eigenvalue weighted by Crippen LogP contribution is 2.15. The van der Waals surface area contributed by atoms with Crippen LogP contribution in [-0.4, -0.2) is 41.5 Å². The van der Waals surface area contributed by atoms with Crippen molar-refractivity contribution < 1.29 is 14.3 Å². The van der Waals surface area contributed by atoms with E-state index in [1.54, 1.807) is 30.8 Å². The second-order valence-electron chi connectivity index (χ2n) is 3.80. The zero-order chi connectivity index (χ0) is 13.7. The van der Waals surface area contributed by atoms with Crippen molar-refractivity contribution >= 4 is 23.5 Å². The highest BCUT2D eigenvalue weighted by atomic mass is 35.5. The predicted molar refractivity (Wildman–Crippen MR) is 68.7 cm³/mol. The third kappa shape index (κ3) is 3.50. The normalized spacial score (nSPS) is 10.2. The highest BCUT2D eigenvalue weighted by molar-refractivity contribution is 6.31. The number of aromatic nitrogens is 1. The third-order valence-corrected chi connectivity index (χ3v) is 2.65. The molecular weight excluding hydrogens is 256 g/mol. The van der Waals surface area contributed by atoms with Gasteiger partial charge in [0, 0.05) is 19.8 Å². The summed E-state index contributed by atoms with van der Waals surface area (Å²) in [5, 5.41) is 0.504. The second kappa shape index (κ2) is 6.44. The first-order valence-corrected chi connectivity index (χ1v) is 6.14. The van der Waals surface area contributed by atoms with E-state index in [9.17, 15) is 9.59 Å². The molecule has 0 atom stereocenters. The van der Waals surface area contributed by atoms with Crippen LogP contribution < -0.4 is 0 Å². The van der Waals surface area contributed by atoms with Gasteiger partial charge in [-0.3, -0.25) is 9.59 Å². The molecule has 1 aromatic heterocycles. The Morgan fingerprint density at radius 3 is 2.67 bits per heavy atom. The van der Waals surface area contributed by atoms with Gasteiger partial charge in [-0.05, 0) is 19.9 Å². The van der Waals surface area contributed by atoms with E-state index in [0.717, 1.165) is 0 Å². The molecule has 0 aromatic carbocycles. The van der Waals surface area contributed by atoms with Gasteiger partial charge in [0.05, 0.1) is 11.6 Å². The quantitative estimate of drug-likeness (QED) is 0.768. The van der Waals surface area contributed by atoms with Gasteiger partial charge in [0.2, 0.25) is 0 Å². The maximum atomic E-state index is 12.1. The van der Waals surface area contributed by atoms with Crippen molar-refractivity contribution in [1.82, 2.24) is 9.47 Å². The maximum Gasteiger partial charge on any atom is 0.325 e. The summed E-state index contributed by atoms with van der Waals surface area (Å²) in [5.74, 6) is -0.675. The first-order valence-electron chi connectivity index (χ1n) is 5.76. The number of hydrogen-bond acceptors (Lipinski definition) is 3. The Balaban J connectivity index is 2.76. The summed E-state index contributed by atoms with van der Waals surface area (Å²) in [6.45, 7) is 4.51. The molecule has 100 valence electrons. The average Bonchev–Trinajstić information content (AvgIpc) is 2.69. The van der Waals surface area contributed by atoms with Crippen molar-refractivity contribution in [2.75, 3.05) is 20.2 Å². The van der Waals surface area contributed by atoms with E-state index < -0.39 is 5.97 Å². The number of carbonyl (C=O) groups excluding carboxylic acids is 2. The van der Waals surface area contributed by atoms with Crippen molar-refractivity contribution in [3.63, 3.8) is 0 Å². The Morgan fingerprint density at radius 1 is 1.44 bits per heavy atom. The number of carbonyl (C=O) groups is 2. The minimum absolute atomic E-state index is 0.0703. The van der Waals surface area contributed by atoms with E-state index in [-0.39, 0.29) is 12.5 Å². The van der Waals surface area contributed by atoms with Gasteiger partial charge in [0.15, 0.2) is 0 Å². The molecule has 0 N–H and O–H groups in total. The minimum Gasteiger partial charge on any atom is -0.465 e. The number of nitrogens with zero attached hydrogens (tertiary/aromatic N) is 2.